The Bertz CT molecular complexity index is 1020. The lowest BCUT2D eigenvalue weighted by Crippen LogP contribution is -2.21. The van der Waals surface area contributed by atoms with Crippen LogP contribution in [0.2, 0.25) is 0 Å². The third-order valence-electron chi connectivity index (χ3n) is 4.74. The zero-order valence-corrected chi connectivity index (χ0v) is 15.3. The molecule has 1 aliphatic heterocycles. The molecule has 1 aromatic heterocycles. The molecule has 0 amide bonds. The van der Waals surface area contributed by atoms with E-state index >= 15 is 0 Å². The number of rotatable bonds is 3. The maximum Gasteiger partial charge on any atom is 0.174 e. The van der Waals surface area contributed by atoms with Crippen molar-refractivity contribution in [2.75, 3.05) is 7.11 Å². The number of ketones is 1. The summed E-state index contributed by atoms with van der Waals surface area (Å²) in [5.41, 5.74) is 0.465. The van der Waals surface area contributed by atoms with Crippen LogP contribution in [0.25, 0.3) is 11.0 Å². The molecule has 4 rings (SSSR count). The summed E-state index contributed by atoms with van der Waals surface area (Å²) in [7, 11) is 1.49. The summed E-state index contributed by atoms with van der Waals surface area (Å²) in [6.07, 6.45) is -0.322. The summed E-state index contributed by atoms with van der Waals surface area (Å²) < 4.78 is 17.4. The van der Waals surface area contributed by atoms with E-state index in [1.807, 2.05) is 0 Å². The number of benzene rings is 2. The van der Waals surface area contributed by atoms with Crippen LogP contribution in [-0.2, 0) is 5.60 Å². The molecular formula is C21H20O6. The van der Waals surface area contributed by atoms with E-state index in [4.69, 9.17) is 13.9 Å². The Labute approximate surface area is 155 Å². The van der Waals surface area contributed by atoms with Crippen molar-refractivity contribution in [1.29, 1.82) is 0 Å². The van der Waals surface area contributed by atoms with Gasteiger partial charge in [-0.3, -0.25) is 4.79 Å². The van der Waals surface area contributed by atoms with Crippen LogP contribution in [0.1, 0.15) is 48.1 Å². The fourth-order valence-corrected chi connectivity index (χ4v) is 3.31. The second kappa shape index (κ2) is 6.03. The number of furan rings is 1. The van der Waals surface area contributed by atoms with Crippen molar-refractivity contribution >= 4 is 16.8 Å². The fraction of sp³-hybridized carbons (Fsp3) is 0.286. The van der Waals surface area contributed by atoms with Gasteiger partial charge in [-0.25, -0.2) is 0 Å². The summed E-state index contributed by atoms with van der Waals surface area (Å²) in [5.74, 6) is 1.19. The molecule has 0 radical (unpaired) electrons. The molecule has 27 heavy (non-hydrogen) atoms. The molecule has 6 nitrogen and oxygen atoms in total. The Morgan fingerprint density at radius 3 is 2.52 bits per heavy atom. The van der Waals surface area contributed by atoms with Crippen molar-refractivity contribution in [1.82, 2.24) is 0 Å². The molecule has 6 heteroatoms. The molecule has 3 aromatic rings. The van der Waals surface area contributed by atoms with E-state index in [1.165, 1.54) is 7.11 Å². The van der Waals surface area contributed by atoms with Crippen LogP contribution in [0.3, 0.4) is 0 Å². The van der Waals surface area contributed by atoms with Crippen LogP contribution in [0.15, 0.2) is 40.8 Å². The minimum atomic E-state index is -1.17. The number of hydrogen-bond donors (Lipinski definition) is 2. The van der Waals surface area contributed by atoms with Crippen molar-refractivity contribution in [3.8, 4) is 17.2 Å². The van der Waals surface area contributed by atoms with Crippen LogP contribution in [0.4, 0.5) is 0 Å². The second-order valence-electron chi connectivity index (χ2n) is 7.19. The summed E-state index contributed by atoms with van der Waals surface area (Å²) in [6, 6.07) is 9.92. The highest BCUT2D eigenvalue weighted by Crippen LogP contribution is 2.46. The van der Waals surface area contributed by atoms with Crippen LogP contribution in [-0.4, -0.2) is 23.1 Å². The quantitative estimate of drug-likeness (QED) is 0.724. The Kier molecular flexibility index (Phi) is 3.89. The number of carbonyl (C=O) groups excluding carboxylic acids is 1. The molecule has 140 valence electrons. The number of carbonyl (C=O) groups is 1. The molecule has 0 saturated heterocycles. The second-order valence-corrected chi connectivity index (χ2v) is 7.19. The minimum Gasteiger partial charge on any atom is -0.508 e. The van der Waals surface area contributed by atoms with Gasteiger partial charge in [0.15, 0.2) is 5.78 Å². The number of aliphatic hydroxyl groups is 1. The molecule has 2 heterocycles. The summed E-state index contributed by atoms with van der Waals surface area (Å²) in [5, 5.41) is 20.4. The maximum absolute atomic E-state index is 12.9. The Morgan fingerprint density at radius 1 is 1.19 bits per heavy atom. The van der Waals surface area contributed by atoms with E-state index in [0.717, 1.165) is 5.56 Å². The Morgan fingerprint density at radius 2 is 1.89 bits per heavy atom. The van der Waals surface area contributed by atoms with E-state index in [0.29, 0.717) is 33.8 Å². The normalized spacial score (nSPS) is 16.9. The molecule has 0 unspecified atom stereocenters. The summed E-state index contributed by atoms with van der Waals surface area (Å²) >= 11 is 0. The Balaban J connectivity index is 1.88. The average Bonchev–Trinajstić information content (AvgIpc) is 3.06. The predicted octanol–water partition coefficient (Wildman–Crippen LogP) is 4.08. The van der Waals surface area contributed by atoms with Crippen molar-refractivity contribution in [3.63, 3.8) is 0 Å². The number of ether oxygens (including phenoxy) is 2. The number of phenolic OH excluding ortho intramolecular Hbond substituents is 1. The zero-order chi connectivity index (χ0) is 19.3. The number of methoxy groups -OCH3 is 1. The van der Waals surface area contributed by atoms with E-state index in [-0.39, 0.29) is 18.0 Å². The van der Waals surface area contributed by atoms with E-state index in [9.17, 15) is 15.0 Å². The molecule has 0 saturated carbocycles. The monoisotopic (exact) mass is 368 g/mol. The number of Topliss-reactive ketones (excluding diaryl/α,β-unsaturated/α-hetero) is 1. The number of hydrogen-bond acceptors (Lipinski definition) is 6. The van der Waals surface area contributed by atoms with Crippen molar-refractivity contribution < 1.29 is 28.9 Å². The first kappa shape index (κ1) is 17.4. The molecule has 1 aliphatic rings. The van der Waals surface area contributed by atoms with Crippen LogP contribution < -0.4 is 9.47 Å². The van der Waals surface area contributed by atoms with Gasteiger partial charge in [-0.2, -0.15) is 0 Å². The van der Waals surface area contributed by atoms with E-state index < -0.39 is 11.7 Å². The maximum atomic E-state index is 12.9. The molecule has 1 atom stereocenters. The molecule has 2 N–H and O–H groups in total. The fourth-order valence-electron chi connectivity index (χ4n) is 3.31. The van der Waals surface area contributed by atoms with Gasteiger partial charge in [0, 0.05) is 6.07 Å². The van der Waals surface area contributed by atoms with Crippen molar-refractivity contribution in [3.05, 3.63) is 53.3 Å². The minimum absolute atomic E-state index is 0.0981. The van der Waals surface area contributed by atoms with Crippen molar-refractivity contribution in [2.24, 2.45) is 0 Å². The first-order chi connectivity index (χ1) is 12.8. The van der Waals surface area contributed by atoms with Gasteiger partial charge in [-0.1, -0.05) is 12.1 Å². The topological polar surface area (TPSA) is 89.1 Å². The van der Waals surface area contributed by atoms with Crippen LogP contribution in [0, 0.1) is 0 Å². The smallest absolute Gasteiger partial charge is 0.174 e. The predicted molar refractivity (Wildman–Crippen MR) is 98.4 cm³/mol. The van der Waals surface area contributed by atoms with Gasteiger partial charge in [0.25, 0.3) is 0 Å². The third kappa shape index (κ3) is 2.92. The Hall–Kier alpha value is -2.99. The largest absolute Gasteiger partial charge is 0.508 e. The van der Waals surface area contributed by atoms with Gasteiger partial charge < -0.3 is 24.1 Å². The van der Waals surface area contributed by atoms with Gasteiger partial charge in [-0.15, -0.1) is 0 Å². The zero-order valence-electron chi connectivity index (χ0n) is 15.3. The van der Waals surface area contributed by atoms with Crippen LogP contribution in [0.5, 0.6) is 17.2 Å². The average molecular weight is 368 g/mol. The van der Waals surface area contributed by atoms with Gasteiger partial charge >= 0.3 is 0 Å². The highest BCUT2D eigenvalue weighted by molar-refractivity contribution is 6.08. The molecule has 0 bridgehead atoms. The lowest BCUT2D eigenvalue weighted by Gasteiger charge is -2.27. The summed E-state index contributed by atoms with van der Waals surface area (Å²) in [6.45, 7) is 3.25. The number of fused-ring (bicyclic) bond motifs is 3. The van der Waals surface area contributed by atoms with Gasteiger partial charge in [0.1, 0.15) is 45.9 Å². The first-order valence-electron chi connectivity index (χ1n) is 8.64. The molecule has 0 spiro atoms. The van der Waals surface area contributed by atoms with Crippen LogP contribution >= 0.6 is 0 Å². The van der Waals surface area contributed by atoms with Gasteiger partial charge in [0.2, 0.25) is 0 Å². The van der Waals surface area contributed by atoms with Crippen molar-refractivity contribution in [2.45, 2.75) is 32.0 Å². The highest BCUT2D eigenvalue weighted by atomic mass is 16.5. The van der Waals surface area contributed by atoms with Gasteiger partial charge in [-0.05, 0) is 37.6 Å². The lowest BCUT2D eigenvalue weighted by atomic mass is 9.94. The standard InChI is InChI=1S/C21H20O6/c1-21(2,24)18-8-13-16(26-18)10-17(25-3)19-14(23)9-15(27-20(13)19)11-4-6-12(22)7-5-11/h4-8,10,15,22,24H,9H2,1-3H3/t15-/m0/s1. The summed E-state index contributed by atoms with van der Waals surface area (Å²) in [4.78, 5) is 12.9. The molecular weight excluding hydrogens is 348 g/mol. The molecule has 0 aliphatic carbocycles. The molecule has 0 fully saturated rings. The van der Waals surface area contributed by atoms with Gasteiger partial charge in [0.05, 0.1) is 18.9 Å². The SMILES string of the molecule is COc1cc2oc(C(C)(C)O)cc2c2c1C(=O)C[C@@H](c1ccc(O)cc1)O2. The van der Waals surface area contributed by atoms with E-state index in [1.54, 1.807) is 50.2 Å². The van der Waals surface area contributed by atoms with E-state index in [2.05, 4.69) is 0 Å². The highest BCUT2D eigenvalue weighted by Gasteiger charge is 2.34. The number of phenols is 1. The lowest BCUT2D eigenvalue weighted by molar-refractivity contribution is 0.0558. The number of aromatic hydroxyl groups is 1. The molecule has 2 aromatic carbocycles. The first-order valence-corrected chi connectivity index (χ1v) is 8.64. The third-order valence-corrected chi connectivity index (χ3v) is 4.74.